The zero-order chi connectivity index (χ0) is 24.4. The maximum absolute atomic E-state index is 13.8. The van der Waals surface area contributed by atoms with Crippen molar-refractivity contribution in [2.24, 2.45) is 0 Å². The molecule has 5 rings (SSSR count). The van der Waals surface area contributed by atoms with Gasteiger partial charge < -0.3 is 4.74 Å². The van der Waals surface area contributed by atoms with Crippen molar-refractivity contribution in [2.45, 2.75) is 17.8 Å². The number of hydrogen-bond acceptors (Lipinski definition) is 6. The van der Waals surface area contributed by atoms with Gasteiger partial charge in [-0.15, -0.1) is 0 Å². The summed E-state index contributed by atoms with van der Waals surface area (Å²) in [6.45, 7) is 2.53. The second kappa shape index (κ2) is 10.4. The highest BCUT2D eigenvalue weighted by molar-refractivity contribution is 7.98. The predicted molar refractivity (Wildman–Crippen MR) is 148 cm³/mol. The highest BCUT2D eigenvalue weighted by Gasteiger charge is 2.19. The van der Waals surface area contributed by atoms with E-state index in [0.717, 1.165) is 22.7 Å². The number of halogens is 1. The van der Waals surface area contributed by atoms with Crippen LogP contribution in [0.5, 0.6) is 5.75 Å². The van der Waals surface area contributed by atoms with Crippen LogP contribution in [0, 0.1) is 3.95 Å². The van der Waals surface area contributed by atoms with Gasteiger partial charge in [-0.1, -0.05) is 71.1 Å². The Kier molecular flexibility index (Phi) is 7.06. The number of fused-ring (bicyclic) bond motifs is 1. The van der Waals surface area contributed by atoms with Crippen LogP contribution < -0.4 is 10.3 Å². The minimum absolute atomic E-state index is 0.149. The normalized spacial score (nSPS) is 11.1. The van der Waals surface area contributed by atoms with Crippen molar-refractivity contribution in [3.8, 4) is 17.1 Å². The average Bonchev–Trinajstić information content (AvgIpc) is 3.21. The molecule has 0 spiro atoms. The van der Waals surface area contributed by atoms with Crippen LogP contribution in [0.3, 0.4) is 0 Å². The van der Waals surface area contributed by atoms with Gasteiger partial charge in [-0.2, -0.15) is 0 Å². The lowest BCUT2D eigenvalue weighted by atomic mass is 10.2. The molecule has 2 aromatic heterocycles. The first-order valence-corrected chi connectivity index (χ1v) is 13.5. The van der Waals surface area contributed by atoms with Crippen molar-refractivity contribution < 1.29 is 4.74 Å². The summed E-state index contributed by atoms with van der Waals surface area (Å²) in [5, 5.41) is 1.25. The van der Waals surface area contributed by atoms with E-state index >= 15 is 0 Å². The standard InChI is InChI=1S/C26H20ClN3O2S3/c1-2-32-20-14-12-19(13-15-20)29-23-22(35-26(29)33)24(31)30(18-9-4-3-5-10-18)25(28-23)34-16-17-8-6-7-11-21(17)27/h3-15H,2,16H2,1H3. The summed E-state index contributed by atoms with van der Waals surface area (Å²) < 4.78 is 10.1. The van der Waals surface area contributed by atoms with Gasteiger partial charge in [0.1, 0.15) is 10.4 Å². The molecular formula is C26H20ClN3O2S3. The number of nitrogens with zero attached hydrogens (tertiary/aromatic N) is 3. The molecule has 0 saturated heterocycles. The lowest BCUT2D eigenvalue weighted by Crippen LogP contribution is -2.21. The van der Waals surface area contributed by atoms with Crippen molar-refractivity contribution in [3.05, 3.63) is 104 Å². The van der Waals surface area contributed by atoms with Crippen molar-refractivity contribution in [2.75, 3.05) is 6.61 Å². The van der Waals surface area contributed by atoms with Gasteiger partial charge in [-0.05, 0) is 67.2 Å². The lowest BCUT2D eigenvalue weighted by Gasteiger charge is -2.13. The van der Waals surface area contributed by atoms with E-state index in [1.807, 2.05) is 90.4 Å². The topological polar surface area (TPSA) is 49.0 Å². The third kappa shape index (κ3) is 4.79. The number of benzene rings is 3. The summed E-state index contributed by atoms with van der Waals surface area (Å²) in [6.07, 6.45) is 0. The molecule has 0 saturated carbocycles. The molecule has 0 atom stereocenters. The summed E-state index contributed by atoms with van der Waals surface area (Å²) in [6, 6.07) is 24.8. The minimum atomic E-state index is -0.149. The van der Waals surface area contributed by atoms with Gasteiger partial charge >= 0.3 is 0 Å². The van der Waals surface area contributed by atoms with Crippen molar-refractivity contribution in [1.29, 1.82) is 0 Å². The first kappa shape index (κ1) is 23.8. The van der Waals surface area contributed by atoms with Crippen molar-refractivity contribution >= 4 is 57.3 Å². The van der Waals surface area contributed by atoms with Crippen LogP contribution in [-0.4, -0.2) is 20.7 Å². The number of para-hydroxylation sites is 1. The molecule has 0 radical (unpaired) electrons. The summed E-state index contributed by atoms with van der Waals surface area (Å²) in [5.74, 6) is 1.34. The van der Waals surface area contributed by atoms with E-state index in [4.69, 9.17) is 33.5 Å². The molecule has 0 bridgehead atoms. The number of hydrogen-bond donors (Lipinski definition) is 0. The molecule has 0 amide bonds. The third-order valence-electron chi connectivity index (χ3n) is 5.31. The predicted octanol–water partition coefficient (Wildman–Crippen LogP) is 7.31. The Bertz CT molecular complexity index is 1610. The number of rotatable bonds is 7. The molecule has 0 unspecified atom stereocenters. The molecule has 0 N–H and O–H groups in total. The number of ether oxygens (including phenoxy) is 1. The molecule has 0 fully saturated rings. The number of thiazole rings is 1. The van der Waals surface area contributed by atoms with E-state index < -0.39 is 0 Å². The van der Waals surface area contributed by atoms with E-state index in [9.17, 15) is 4.79 Å². The summed E-state index contributed by atoms with van der Waals surface area (Å²) in [4.78, 5) is 18.7. The summed E-state index contributed by atoms with van der Waals surface area (Å²) in [7, 11) is 0. The highest BCUT2D eigenvalue weighted by atomic mass is 35.5. The quantitative estimate of drug-likeness (QED) is 0.124. The van der Waals surface area contributed by atoms with Gasteiger partial charge in [0.05, 0.1) is 12.3 Å². The van der Waals surface area contributed by atoms with E-state index in [-0.39, 0.29) is 5.56 Å². The van der Waals surface area contributed by atoms with Gasteiger partial charge in [0.2, 0.25) is 0 Å². The molecule has 176 valence electrons. The number of thioether (sulfide) groups is 1. The summed E-state index contributed by atoms with van der Waals surface area (Å²) >= 11 is 14.8. The zero-order valence-corrected chi connectivity index (χ0v) is 21.9. The first-order chi connectivity index (χ1) is 17.1. The molecule has 3 aromatic carbocycles. The molecule has 0 aliphatic heterocycles. The molecule has 35 heavy (non-hydrogen) atoms. The van der Waals surface area contributed by atoms with Crippen LogP contribution in [0.1, 0.15) is 12.5 Å². The Morgan fingerprint density at radius 2 is 1.66 bits per heavy atom. The molecule has 9 heteroatoms. The second-order valence-electron chi connectivity index (χ2n) is 7.53. The van der Waals surface area contributed by atoms with Crippen LogP contribution >= 0.6 is 46.9 Å². The third-order valence-corrected chi connectivity index (χ3v) is 8.02. The Hall–Kier alpha value is -2.91. The molecular weight excluding hydrogens is 518 g/mol. The van der Waals surface area contributed by atoms with Crippen LogP contribution in [0.15, 0.2) is 88.8 Å². The molecule has 5 aromatic rings. The Morgan fingerprint density at radius 3 is 2.37 bits per heavy atom. The molecule has 0 aliphatic rings. The van der Waals surface area contributed by atoms with Crippen LogP contribution in [-0.2, 0) is 5.75 Å². The Labute approximate surface area is 220 Å². The van der Waals surface area contributed by atoms with Crippen LogP contribution in [0.25, 0.3) is 21.7 Å². The van der Waals surface area contributed by atoms with Gasteiger partial charge in [-0.3, -0.25) is 13.9 Å². The Morgan fingerprint density at radius 1 is 0.971 bits per heavy atom. The maximum Gasteiger partial charge on any atom is 0.278 e. The van der Waals surface area contributed by atoms with E-state index in [2.05, 4.69) is 0 Å². The van der Waals surface area contributed by atoms with Gasteiger partial charge in [0.15, 0.2) is 14.8 Å². The minimum Gasteiger partial charge on any atom is -0.494 e. The molecule has 5 nitrogen and oxygen atoms in total. The molecule has 2 heterocycles. The van der Waals surface area contributed by atoms with Crippen LogP contribution in [0.4, 0.5) is 0 Å². The van der Waals surface area contributed by atoms with Crippen LogP contribution in [0.2, 0.25) is 5.02 Å². The lowest BCUT2D eigenvalue weighted by molar-refractivity contribution is 0.340. The fourth-order valence-electron chi connectivity index (χ4n) is 3.68. The zero-order valence-electron chi connectivity index (χ0n) is 18.7. The van der Waals surface area contributed by atoms with Gasteiger partial charge in [0, 0.05) is 16.5 Å². The highest BCUT2D eigenvalue weighted by Crippen LogP contribution is 2.30. The fourth-order valence-corrected chi connectivity index (χ4v) is 6.27. The average molecular weight is 538 g/mol. The monoisotopic (exact) mass is 537 g/mol. The largest absolute Gasteiger partial charge is 0.494 e. The fraction of sp³-hybridized carbons (Fsp3) is 0.115. The Balaban J connectivity index is 1.68. The van der Waals surface area contributed by atoms with E-state index in [1.165, 1.54) is 23.1 Å². The smallest absolute Gasteiger partial charge is 0.278 e. The van der Waals surface area contributed by atoms with Crippen molar-refractivity contribution in [1.82, 2.24) is 14.1 Å². The van der Waals surface area contributed by atoms with Gasteiger partial charge in [0.25, 0.3) is 5.56 Å². The molecule has 0 aliphatic carbocycles. The first-order valence-electron chi connectivity index (χ1n) is 10.9. The van der Waals surface area contributed by atoms with E-state index in [0.29, 0.717) is 36.8 Å². The summed E-state index contributed by atoms with van der Waals surface area (Å²) in [5.41, 5.74) is 2.95. The van der Waals surface area contributed by atoms with Crippen molar-refractivity contribution in [3.63, 3.8) is 0 Å². The maximum atomic E-state index is 13.8. The SMILES string of the molecule is CCOc1ccc(-n2c(=S)sc3c(=O)n(-c4ccccc4)c(SCc4ccccc4Cl)nc32)cc1. The second-order valence-corrected chi connectivity index (χ2v) is 10.5. The number of aromatic nitrogens is 3. The van der Waals surface area contributed by atoms with Gasteiger partial charge in [-0.25, -0.2) is 4.98 Å². The van der Waals surface area contributed by atoms with E-state index in [1.54, 1.807) is 4.57 Å².